The van der Waals surface area contributed by atoms with Gasteiger partial charge in [-0.3, -0.25) is 4.99 Å². The number of benzene rings is 1. The maximum absolute atomic E-state index is 5.88. The molecule has 2 atom stereocenters. The molecule has 0 spiro atoms. The van der Waals surface area contributed by atoms with Crippen LogP contribution in [0.2, 0.25) is 0 Å². The molecule has 1 aromatic carbocycles. The van der Waals surface area contributed by atoms with E-state index < -0.39 is 0 Å². The van der Waals surface area contributed by atoms with Crippen LogP contribution in [0.3, 0.4) is 0 Å². The van der Waals surface area contributed by atoms with Crippen molar-refractivity contribution >= 4 is 16.9 Å². The molecule has 0 aromatic heterocycles. The zero-order valence-corrected chi connectivity index (χ0v) is 11.3. The van der Waals surface area contributed by atoms with Crippen LogP contribution in [0, 0.1) is 0 Å². The number of thioether (sulfide) groups is 1. The summed E-state index contributed by atoms with van der Waals surface area (Å²) in [6.07, 6.45) is 1.00. The third kappa shape index (κ3) is 2.57. The minimum atomic E-state index is -0.207. The Bertz CT molecular complexity index is 430. The second-order valence-corrected chi connectivity index (χ2v) is 6.04. The fourth-order valence-electron chi connectivity index (χ4n) is 2.26. The summed E-state index contributed by atoms with van der Waals surface area (Å²) in [4.78, 5) is 4.61. The highest BCUT2D eigenvalue weighted by Gasteiger charge is 2.32. The molecule has 0 aliphatic carbocycles. The monoisotopic (exact) mass is 250 g/mol. The summed E-state index contributed by atoms with van der Waals surface area (Å²) in [7, 11) is 1.67. The first kappa shape index (κ1) is 12.3. The molecular weight excluding hydrogens is 232 g/mol. The summed E-state index contributed by atoms with van der Waals surface area (Å²) in [6.45, 7) is 4.33. The molecule has 0 unspecified atom stereocenters. The molecule has 0 fully saturated rings. The zero-order chi connectivity index (χ0) is 12.5. The van der Waals surface area contributed by atoms with Crippen LogP contribution in [-0.4, -0.2) is 17.5 Å². The average Bonchev–Trinajstić information content (AvgIpc) is 2.27. The molecule has 1 aliphatic rings. The molecule has 1 heterocycles. The van der Waals surface area contributed by atoms with Crippen molar-refractivity contribution in [2.24, 2.45) is 10.7 Å². The maximum atomic E-state index is 5.88. The van der Waals surface area contributed by atoms with Crippen LogP contribution in [0.1, 0.15) is 25.8 Å². The van der Waals surface area contributed by atoms with Gasteiger partial charge in [0.2, 0.25) is 0 Å². The lowest BCUT2D eigenvalue weighted by atomic mass is 9.88. The number of hydrogen-bond acceptors (Lipinski definition) is 4. The SMILES string of the molecule is COc1ccc([C@@]2(C)C[C@H](C)SC(N)=N2)cc1. The van der Waals surface area contributed by atoms with Crippen LogP contribution in [0.15, 0.2) is 29.3 Å². The van der Waals surface area contributed by atoms with Crippen LogP contribution in [-0.2, 0) is 5.54 Å². The minimum Gasteiger partial charge on any atom is -0.497 e. The average molecular weight is 250 g/mol. The van der Waals surface area contributed by atoms with E-state index >= 15 is 0 Å². The van der Waals surface area contributed by atoms with E-state index in [-0.39, 0.29) is 5.54 Å². The highest BCUT2D eigenvalue weighted by atomic mass is 32.2. The molecular formula is C13H18N2OS. The van der Waals surface area contributed by atoms with Gasteiger partial charge in [0, 0.05) is 5.25 Å². The Morgan fingerprint density at radius 1 is 1.41 bits per heavy atom. The Morgan fingerprint density at radius 3 is 2.59 bits per heavy atom. The first-order valence-corrected chi connectivity index (χ1v) is 6.58. The Labute approximate surface area is 106 Å². The van der Waals surface area contributed by atoms with E-state index in [4.69, 9.17) is 10.5 Å². The standard InChI is InChI=1S/C13H18N2OS/c1-9-8-13(2,15-12(14)17-9)10-4-6-11(16-3)7-5-10/h4-7,9H,8H2,1-3H3,(H2,14,15)/t9-,13+/m0/s1. The fraction of sp³-hybridized carbons (Fsp3) is 0.462. The molecule has 2 rings (SSSR count). The second-order valence-electron chi connectivity index (χ2n) is 4.58. The molecule has 0 bridgehead atoms. The van der Waals surface area contributed by atoms with E-state index in [0.29, 0.717) is 10.4 Å². The topological polar surface area (TPSA) is 47.6 Å². The summed E-state index contributed by atoms with van der Waals surface area (Å²) in [6, 6.07) is 8.08. The second kappa shape index (κ2) is 4.61. The summed E-state index contributed by atoms with van der Waals surface area (Å²) < 4.78 is 5.17. The van der Waals surface area contributed by atoms with Gasteiger partial charge in [-0.25, -0.2) is 0 Å². The number of hydrogen-bond donors (Lipinski definition) is 1. The quantitative estimate of drug-likeness (QED) is 0.878. The summed E-state index contributed by atoms with van der Waals surface area (Å²) in [5.74, 6) is 0.868. The predicted octanol–water partition coefficient (Wildman–Crippen LogP) is 2.75. The summed E-state index contributed by atoms with van der Waals surface area (Å²) in [5, 5.41) is 1.18. The molecule has 2 N–H and O–H groups in total. The molecule has 1 aromatic rings. The summed E-state index contributed by atoms with van der Waals surface area (Å²) in [5.41, 5.74) is 6.86. The van der Waals surface area contributed by atoms with Crippen LogP contribution >= 0.6 is 11.8 Å². The van der Waals surface area contributed by atoms with E-state index in [9.17, 15) is 0 Å². The number of ether oxygens (including phenoxy) is 1. The van der Waals surface area contributed by atoms with Crippen molar-refractivity contribution < 1.29 is 4.74 Å². The highest BCUT2D eigenvalue weighted by molar-refractivity contribution is 8.14. The van der Waals surface area contributed by atoms with Crippen molar-refractivity contribution in [2.45, 2.75) is 31.1 Å². The van der Waals surface area contributed by atoms with Crippen LogP contribution < -0.4 is 10.5 Å². The van der Waals surface area contributed by atoms with Gasteiger partial charge in [0.05, 0.1) is 12.6 Å². The first-order chi connectivity index (χ1) is 8.03. The molecule has 0 radical (unpaired) electrons. The van der Waals surface area contributed by atoms with E-state index in [1.54, 1.807) is 18.9 Å². The largest absolute Gasteiger partial charge is 0.497 e. The van der Waals surface area contributed by atoms with Crippen molar-refractivity contribution in [3.05, 3.63) is 29.8 Å². The van der Waals surface area contributed by atoms with Crippen molar-refractivity contribution in [3.8, 4) is 5.75 Å². The lowest BCUT2D eigenvalue weighted by Crippen LogP contribution is -2.32. The lowest BCUT2D eigenvalue weighted by Gasteiger charge is -2.33. The van der Waals surface area contributed by atoms with E-state index in [1.807, 2.05) is 12.1 Å². The lowest BCUT2D eigenvalue weighted by molar-refractivity contribution is 0.412. The van der Waals surface area contributed by atoms with Gasteiger partial charge in [-0.2, -0.15) is 0 Å². The first-order valence-electron chi connectivity index (χ1n) is 5.70. The van der Waals surface area contributed by atoms with Gasteiger partial charge < -0.3 is 10.5 Å². The Balaban J connectivity index is 2.33. The van der Waals surface area contributed by atoms with Gasteiger partial charge in [-0.15, -0.1) is 0 Å². The van der Waals surface area contributed by atoms with Gasteiger partial charge in [-0.1, -0.05) is 30.8 Å². The Hall–Kier alpha value is -1.16. The highest BCUT2D eigenvalue weighted by Crippen LogP contribution is 2.38. The molecule has 17 heavy (non-hydrogen) atoms. The van der Waals surface area contributed by atoms with Gasteiger partial charge in [0.1, 0.15) is 5.75 Å². The van der Waals surface area contributed by atoms with Gasteiger partial charge in [0.15, 0.2) is 5.17 Å². The third-order valence-corrected chi connectivity index (χ3v) is 3.98. The normalized spacial score (nSPS) is 28.6. The minimum absolute atomic E-state index is 0.207. The van der Waals surface area contributed by atoms with Gasteiger partial charge in [0.25, 0.3) is 0 Å². The fourth-order valence-corrected chi connectivity index (χ4v) is 3.33. The number of amidine groups is 1. The zero-order valence-electron chi connectivity index (χ0n) is 10.4. The molecule has 0 saturated carbocycles. The number of nitrogens with two attached hydrogens (primary N) is 1. The molecule has 92 valence electrons. The van der Waals surface area contributed by atoms with Gasteiger partial charge in [-0.05, 0) is 31.0 Å². The van der Waals surface area contributed by atoms with E-state index in [1.165, 1.54) is 5.56 Å². The molecule has 1 aliphatic heterocycles. The van der Waals surface area contributed by atoms with E-state index in [0.717, 1.165) is 12.2 Å². The van der Waals surface area contributed by atoms with Crippen LogP contribution in [0.4, 0.5) is 0 Å². The van der Waals surface area contributed by atoms with Crippen molar-refractivity contribution in [1.29, 1.82) is 0 Å². The predicted molar refractivity (Wildman–Crippen MR) is 73.6 cm³/mol. The van der Waals surface area contributed by atoms with Crippen LogP contribution in [0.25, 0.3) is 0 Å². The number of methoxy groups -OCH3 is 1. The van der Waals surface area contributed by atoms with Crippen molar-refractivity contribution in [1.82, 2.24) is 0 Å². The maximum Gasteiger partial charge on any atom is 0.155 e. The molecule has 0 saturated heterocycles. The smallest absolute Gasteiger partial charge is 0.155 e. The molecule has 0 amide bonds. The van der Waals surface area contributed by atoms with E-state index in [2.05, 4.69) is 31.0 Å². The van der Waals surface area contributed by atoms with Crippen LogP contribution in [0.5, 0.6) is 5.75 Å². The number of nitrogens with zero attached hydrogens (tertiary/aromatic N) is 1. The van der Waals surface area contributed by atoms with Crippen molar-refractivity contribution in [2.75, 3.05) is 7.11 Å². The Kier molecular flexibility index (Phi) is 3.33. The van der Waals surface area contributed by atoms with Crippen molar-refractivity contribution in [3.63, 3.8) is 0 Å². The number of rotatable bonds is 2. The number of aliphatic imine (C=N–C) groups is 1. The van der Waals surface area contributed by atoms with Gasteiger partial charge >= 0.3 is 0 Å². The molecule has 4 heteroatoms. The summed E-state index contributed by atoms with van der Waals surface area (Å²) >= 11 is 1.65. The Morgan fingerprint density at radius 2 is 2.06 bits per heavy atom. The molecule has 3 nitrogen and oxygen atoms in total. The third-order valence-electron chi connectivity index (χ3n) is 3.08.